The molecule has 0 bridgehead atoms. The predicted octanol–water partition coefficient (Wildman–Crippen LogP) is 5.99. The minimum atomic E-state index is -3.83. The van der Waals surface area contributed by atoms with Crippen LogP contribution in [-0.2, 0) is 24.4 Å². The molecule has 0 spiro atoms. The molecule has 4 aliphatic rings. The van der Waals surface area contributed by atoms with E-state index < -0.39 is 50.6 Å². The Balaban J connectivity index is 1.21. The fraction of sp³-hybridized carbons (Fsp3) is 0.538. The molecular formula is C39H48FN5O6S. The van der Waals surface area contributed by atoms with Gasteiger partial charge in [-0.2, -0.15) is 4.98 Å². The lowest BCUT2D eigenvalue weighted by Gasteiger charge is -2.30. The molecule has 0 unspecified atom stereocenters. The third kappa shape index (κ3) is 7.47. The Bertz CT molecular complexity index is 1990. The normalized spacial score (nSPS) is 27.8. The molecule has 7 rings (SSSR count). The highest BCUT2D eigenvalue weighted by molar-refractivity contribution is 7.90. The zero-order chi connectivity index (χ0) is 36.8. The van der Waals surface area contributed by atoms with Gasteiger partial charge in [0.25, 0.3) is 6.01 Å². The number of rotatable bonds is 8. The first-order valence-corrected chi connectivity index (χ1v) is 20.1. The van der Waals surface area contributed by atoms with Gasteiger partial charge in [-0.25, -0.2) is 12.8 Å². The number of aromatic nitrogens is 2. The van der Waals surface area contributed by atoms with E-state index in [0.29, 0.717) is 42.9 Å². The standard InChI is InChI=1S/C39H48FN5O6S/c1-24(2)45-33-14-10-9-12-31(33)42-38(45)51-29-20-34-35(46)22-39(37(48)43-52(49,50)30-15-16-30)21-26(39)11-7-5-4-6-8-13-32(36(47)44(34)23-29)41-28-18-25(3)17-27(40)19-28/h7,9-12,14,17-19,24,26,29-30,32,34,41H,4-6,8,13,15-16,20-23H2,1-3H3,(H,43,48)/b11-7-/t26-,29-,32+,34+,39-/m1/s1. The molecule has 3 heterocycles. The fourth-order valence-electron chi connectivity index (χ4n) is 7.96. The number of halogens is 1. The van der Waals surface area contributed by atoms with Crippen molar-refractivity contribution in [2.24, 2.45) is 11.3 Å². The van der Waals surface area contributed by atoms with Gasteiger partial charge in [0.1, 0.15) is 18.0 Å². The maximum Gasteiger partial charge on any atom is 0.297 e. The number of carbonyl (C=O) groups excluding carboxylic acids is 3. The summed E-state index contributed by atoms with van der Waals surface area (Å²) in [7, 11) is -3.83. The summed E-state index contributed by atoms with van der Waals surface area (Å²) >= 11 is 0. The predicted molar refractivity (Wildman–Crippen MR) is 196 cm³/mol. The summed E-state index contributed by atoms with van der Waals surface area (Å²) in [5, 5.41) is 2.70. The van der Waals surface area contributed by atoms with Crippen LogP contribution < -0.4 is 14.8 Å². The smallest absolute Gasteiger partial charge is 0.297 e. The molecule has 2 aliphatic carbocycles. The van der Waals surface area contributed by atoms with Gasteiger partial charge in [-0.15, -0.1) is 0 Å². The third-order valence-electron chi connectivity index (χ3n) is 11.0. The number of benzene rings is 2. The SMILES string of the molecule is Cc1cc(F)cc(N[C@H]2CCCCC/C=C\[C@@H]3C[C@@]3(C(=O)NS(=O)(=O)C3CC3)CC(=O)[C@@H]3C[C@@H](Oc4nc5ccccc5n4C(C)C)CN3C2=O)c1. The summed E-state index contributed by atoms with van der Waals surface area (Å²) in [5.74, 6) is -1.98. The van der Waals surface area contributed by atoms with Gasteiger partial charge >= 0.3 is 0 Å². The summed E-state index contributed by atoms with van der Waals surface area (Å²) < 4.78 is 51.0. The van der Waals surface area contributed by atoms with Gasteiger partial charge in [-0.05, 0) is 101 Å². The molecule has 2 saturated carbocycles. The molecule has 1 saturated heterocycles. The first-order chi connectivity index (χ1) is 24.8. The van der Waals surface area contributed by atoms with Crippen LogP contribution >= 0.6 is 0 Å². The minimum Gasteiger partial charge on any atom is -0.459 e. The number of fused-ring (bicyclic) bond motifs is 3. The number of carbonyl (C=O) groups is 3. The summed E-state index contributed by atoms with van der Waals surface area (Å²) in [6.45, 7) is 5.96. The number of ketones is 1. The molecule has 0 radical (unpaired) electrons. The summed E-state index contributed by atoms with van der Waals surface area (Å²) in [6, 6.07) is 11.0. The number of hydrogen-bond donors (Lipinski definition) is 2. The molecule has 3 fully saturated rings. The van der Waals surface area contributed by atoms with Crippen LogP contribution in [0.2, 0.25) is 0 Å². The molecule has 1 aromatic heterocycles. The van der Waals surface area contributed by atoms with Crippen molar-refractivity contribution in [3.8, 4) is 6.01 Å². The molecule has 2 aliphatic heterocycles. The Hall–Kier alpha value is -4.26. The summed E-state index contributed by atoms with van der Waals surface area (Å²) in [4.78, 5) is 49.2. The highest BCUT2D eigenvalue weighted by atomic mass is 32.2. The van der Waals surface area contributed by atoms with Gasteiger partial charge < -0.3 is 15.0 Å². The van der Waals surface area contributed by atoms with Crippen LogP contribution in [0.25, 0.3) is 11.0 Å². The van der Waals surface area contributed by atoms with Crippen molar-refractivity contribution in [3.63, 3.8) is 0 Å². The van der Waals surface area contributed by atoms with E-state index in [1.807, 2.05) is 54.8 Å². The van der Waals surface area contributed by atoms with E-state index in [4.69, 9.17) is 9.72 Å². The van der Waals surface area contributed by atoms with Crippen LogP contribution in [0.4, 0.5) is 10.1 Å². The van der Waals surface area contributed by atoms with Gasteiger partial charge in [0.15, 0.2) is 5.78 Å². The Morgan fingerprint density at radius 2 is 1.87 bits per heavy atom. The molecular weight excluding hydrogens is 686 g/mol. The first-order valence-electron chi connectivity index (χ1n) is 18.6. The van der Waals surface area contributed by atoms with Gasteiger partial charge in [0.2, 0.25) is 21.8 Å². The number of aryl methyl sites for hydroxylation is 1. The van der Waals surface area contributed by atoms with E-state index in [1.165, 1.54) is 12.1 Å². The maximum absolute atomic E-state index is 14.6. The van der Waals surface area contributed by atoms with Gasteiger partial charge in [-0.1, -0.05) is 37.1 Å². The Morgan fingerprint density at radius 1 is 1.08 bits per heavy atom. The average molecular weight is 734 g/mol. The first kappa shape index (κ1) is 36.1. The molecule has 52 heavy (non-hydrogen) atoms. The number of allylic oxidation sites excluding steroid dienone is 2. The van der Waals surface area contributed by atoms with Gasteiger partial charge in [0.05, 0.1) is 34.3 Å². The van der Waals surface area contributed by atoms with Crippen LogP contribution in [0.3, 0.4) is 0 Å². The molecule has 13 heteroatoms. The molecule has 5 atom stereocenters. The Morgan fingerprint density at radius 3 is 2.62 bits per heavy atom. The van der Waals surface area contributed by atoms with E-state index >= 15 is 0 Å². The number of ether oxygens (including phenoxy) is 1. The van der Waals surface area contributed by atoms with Crippen LogP contribution in [0, 0.1) is 24.1 Å². The van der Waals surface area contributed by atoms with Crippen molar-refractivity contribution in [3.05, 3.63) is 66.0 Å². The zero-order valence-electron chi connectivity index (χ0n) is 30.0. The number of nitrogens with one attached hydrogen (secondary N) is 2. The summed E-state index contributed by atoms with van der Waals surface area (Å²) in [5.41, 5.74) is 1.64. The highest BCUT2D eigenvalue weighted by Crippen LogP contribution is 2.57. The highest BCUT2D eigenvalue weighted by Gasteiger charge is 2.61. The zero-order valence-corrected chi connectivity index (χ0v) is 30.8. The van der Waals surface area contributed by atoms with Crippen molar-refractivity contribution in [2.45, 2.75) is 114 Å². The Labute approximate surface area is 304 Å². The largest absolute Gasteiger partial charge is 0.459 e. The second-order valence-corrected chi connectivity index (χ2v) is 17.4. The number of sulfonamides is 1. The molecule has 2 N–H and O–H groups in total. The summed E-state index contributed by atoms with van der Waals surface area (Å²) in [6.07, 6.45) is 8.37. The molecule has 2 aromatic carbocycles. The second kappa shape index (κ2) is 14.3. The molecule has 3 aromatic rings. The van der Waals surface area contributed by atoms with Crippen molar-refractivity contribution < 1.29 is 31.9 Å². The van der Waals surface area contributed by atoms with E-state index in [0.717, 1.165) is 36.7 Å². The lowest BCUT2D eigenvalue weighted by Crippen LogP contribution is -2.49. The number of amides is 2. The average Bonchev–Trinajstić information content (AvgIpc) is 3.98. The van der Waals surface area contributed by atoms with E-state index in [2.05, 4.69) is 10.0 Å². The maximum atomic E-state index is 14.6. The van der Waals surface area contributed by atoms with Crippen LogP contribution in [-0.4, -0.2) is 70.4 Å². The van der Waals surface area contributed by atoms with E-state index in [-0.39, 0.29) is 43.0 Å². The minimum absolute atomic E-state index is 0.0194. The number of anilines is 1. The van der Waals surface area contributed by atoms with E-state index in [9.17, 15) is 27.2 Å². The van der Waals surface area contributed by atoms with Crippen LogP contribution in [0.1, 0.15) is 89.7 Å². The number of Topliss-reactive ketones (excluding diaryl/α,β-unsaturated/α-hetero) is 1. The van der Waals surface area contributed by atoms with Gasteiger partial charge in [-0.3, -0.25) is 23.7 Å². The van der Waals surface area contributed by atoms with Crippen molar-refractivity contribution in [2.75, 3.05) is 11.9 Å². The van der Waals surface area contributed by atoms with E-state index in [1.54, 1.807) is 17.9 Å². The molecule has 278 valence electrons. The monoisotopic (exact) mass is 733 g/mol. The number of hydrogen-bond acceptors (Lipinski definition) is 8. The molecule has 11 nitrogen and oxygen atoms in total. The second-order valence-electron chi connectivity index (χ2n) is 15.4. The van der Waals surface area contributed by atoms with Crippen LogP contribution in [0.5, 0.6) is 6.01 Å². The van der Waals surface area contributed by atoms with Crippen molar-refractivity contribution >= 4 is 44.3 Å². The number of para-hydroxylation sites is 2. The van der Waals surface area contributed by atoms with Crippen LogP contribution in [0.15, 0.2) is 54.6 Å². The fourth-order valence-corrected chi connectivity index (χ4v) is 9.35. The number of imidazole rings is 1. The lowest BCUT2D eigenvalue weighted by molar-refractivity contribution is -0.139. The van der Waals surface area contributed by atoms with Crippen molar-refractivity contribution in [1.82, 2.24) is 19.2 Å². The lowest BCUT2D eigenvalue weighted by atomic mass is 9.91. The van der Waals surface area contributed by atoms with Gasteiger partial charge in [0, 0.05) is 24.6 Å². The third-order valence-corrected chi connectivity index (χ3v) is 12.8. The van der Waals surface area contributed by atoms with Crippen molar-refractivity contribution in [1.29, 1.82) is 0 Å². The topological polar surface area (TPSA) is 140 Å². The quantitative estimate of drug-likeness (QED) is 0.270. The molecule has 2 amide bonds. The number of nitrogens with zero attached hydrogens (tertiary/aromatic N) is 3. The Kier molecular flexibility index (Phi) is 9.92.